The first-order chi connectivity index (χ1) is 10.1. The molecule has 1 saturated carbocycles. The number of pyridine rings is 1. The number of aromatic nitrogens is 1. The van der Waals surface area contributed by atoms with E-state index in [-0.39, 0.29) is 17.7 Å². The molecule has 120 valence electrons. The Labute approximate surface area is 124 Å². The normalized spacial score (nSPS) is 16.7. The molecule has 2 N–H and O–H groups in total. The first-order valence-corrected chi connectivity index (χ1v) is 6.72. The molecule has 1 aromatic rings. The molecule has 1 aliphatic rings. The second-order valence-electron chi connectivity index (χ2n) is 5.49. The molecule has 5 nitrogen and oxygen atoms in total. The highest BCUT2D eigenvalue weighted by atomic mass is 19.4. The molecule has 0 atom stereocenters. The zero-order valence-corrected chi connectivity index (χ0v) is 11.8. The van der Waals surface area contributed by atoms with Gasteiger partial charge in [0.1, 0.15) is 5.69 Å². The van der Waals surface area contributed by atoms with Crippen LogP contribution in [-0.4, -0.2) is 27.5 Å². The van der Waals surface area contributed by atoms with Crippen molar-refractivity contribution in [2.24, 2.45) is 0 Å². The lowest BCUT2D eigenvalue weighted by Crippen LogP contribution is -2.54. The number of aryl methyl sites for hydroxylation is 1. The Kier molecular flexibility index (Phi) is 4.12. The average Bonchev–Trinajstić information content (AvgIpc) is 2.34. The van der Waals surface area contributed by atoms with Gasteiger partial charge in [0.2, 0.25) is 0 Å². The van der Waals surface area contributed by atoms with Crippen LogP contribution in [0.1, 0.15) is 47.4 Å². The van der Waals surface area contributed by atoms with Gasteiger partial charge in [-0.3, -0.25) is 9.59 Å². The quantitative estimate of drug-likeness (QED) is 0.894. The van der Waals surface area contributed by atoms with Crippen molar-refractivity contribution in [2.75, 3.05) is 0 Å². The fourth-order valence-electron chi connectivity index (χ4n) is 2.51. The lowest BCUT2D eigenvalue weighted by atomic mass is 9.74. The zero-order chi connectivity index (χ0) is 16.5. The summed E-state index contributed by atoms with van der Waals surface area (Å²) in [5, 5.41) is 11.5. The molecule has 1 aromatic heterocycles. The number of aliphatic carboxylic acids is 1. The summed E-state index contributed by atoms with van der Waals surface area (Å²) in [5.41, 5.74) is -1.90. The molecule has 1 heterocycles. The molecule has 1 fully saturated rings. The SMILES string of the molecule is Cc1nc(C(F)(F)F)ccc1C(=O)NC1(CC(=O)O)CCC1. The Bertz CT molecular complexity index is 610. The van der Waals surface area contributed by atoms with Crippen molar-refractivity contribution >= 4 is 11.9 Å². The van der Waals surface area contributed by atoms with Crippen molar-refractivity contribution < 1.29 is 27.9 Å². The fraction of sp³-hybridized carbons (Fsp3) is 0.500. The molecule has 22 heavy (non-hydrogen) atoms. The smallest absolute Gasteiger partial charge is 0.433 e. The van der Waals surface area contributed by atoms with Crippen molar-refractivity contribution in [2.45, 2.75) is 44.3 Å². The predicted molar refractivity (Wildman–Crippen MR) is 70.3 cm³/mol. The van der Waals surface area contributed by atoms with Crippen LogP contribution in [0.5, 0.6) is 0 Å². The fourth-order valence-corrected chi connectivity index (χ4v) is 2.51. The molecule has 0 aliphatic heterocycles. The Hall–Kier alpha value is -2.12. The van der Waals surface area contributed by atoms with Crippen LogP contribution in [0.2, 0.25) is 0 Å². The van der Waals surface area contributed by atoms with E-state index in [0.717, 1.165) is 18.6 Å². The minimum atomic E-state index is -4.57. The number of nitrogens with zero attached hydrogens (tertiary/aromatic N) is 1. The van der Waals surface area contributed by atoms with Crippen LogP contribution in [-0.2, 0) is 11.0 Å². The van der Waals surface area contributed by atoms with E-state index in [1.165, 1.54) is 6.92 Å². The molecule has 1 amide bonds. The van der Waals surface area contributed by atoms with Crippen molar-refractivity contribution in [3.05, 3.63) is 29.1 Å². The lowest BCUT2D eigenvalue weighted by Gasteiger charge is -2.41. The number of nitrogens with one attached hydrogen (secondary N) is 1. The van der Waals surface area contributed by atoms with Crippen LogP contribution in [0.25, 0.3) is 0 Å². The molecule has 0 unspecified atom stereocenters. The first-order valence-electron chi connectivity index (χ1n) is 6.72. The lowest BCUT2D eigenvalue weighted by molar-refractivity contribution is -0.141. The monoisotopic (exact) mass is 316 g/mol. The summed E-state index contributed by atoms with van der Waals surface area (Å²) in [5.74, 6) is -1.62. The van der Waals surface area contributed by atoms with Crippen LogP contribution in [0.15, 0.2) is 12.1 Å². The third kappa shape index (κ3) is 3.37. The molecule has 8 heteroatoms. The molecule has 2 rings (SSSR count). The number of carbonyl (C=O) groups is 2. The van der Waals surface area contributed by atoms with Gasteiger partial charge in [-0.1, -0.05) is 0 Å². The highest BCUT2D eigenvalue weighted by Crippen LogP contribution is 2.35. The molecule has 0 radical (unpaired) electrons. The van der Waals surface area contributed by atoms with Gasteiger partial charge >= 0.3 is 12.1 Å². The van der Waals surface area contributed by atoms with Crippen LogP contribution < -0.4 is 5.32 Å². The molecule has 0 bridgehead atoms. The summed E-state index contributed by atoms with van der Waals surface area (Å²) in [7, 11) is 0. The molecular formula is C14H15F3N2O3. The van der Waals surface area contributed by atoms with E-state index in [1.807, 2.05) is 0 Å². The third-order valence-corrected chi connectivity index (χ3v) is 3.80. The Morgan fingerprint density at radius 1 is 1.36 bits per heavy atom. The van der Waals surface area contributed by atoms with Gasteiger partial charge in [-0.05, 0) is 38.3 Å². The van der Waals surface area contributed by atoms with Crippen LogP contribution in [0, 0.1) is 6.92 Å². The van der Waals surface area contributed by atoms with E-state index < -0.39 is 29.3 Å². The van der Waals surface area contributed by atoms with E-state index in [9.17, 15) is 22.8 Å². The topological polar surface area (TPSA) is 79.3 Å². The van der Waals surface area contributed by atoms with Gasteiger partial charge in [0.05, 0.1) is 23.2 Å². The minimum absolute atomic E-state index is 0.0182. The van der Waals surface area contributed by atoms with Gasteiger partial charge in [0.25, 0.3) is 5.91 Å². The maximum Gasteiger partial charge on any atom is 0.433 e. The second kappa shape index (κ2) is 5.58. The van der Waals surface area contributed by atoms with Crippen LogP contribution >= 0.6 is 0 Å². The van der Waals surface area contributed by atoms with Crippen molar-refractivity contribution in [1.82, 2.24) is 10.3 Å². The number of halogens is 3. The molecule has 0 saturated heterocycles. The van der Waals surface area contributed by atoms with Gasteiger partial charge in [-0.15, -0.1) is 0 Å². The molecular weight excluding hydrogens is 301 g/mol. The van der Waals surface area contributed by atoms with Gasteiger partial charge in [0, 0.05) is 0 Å². The van der Waals surface area contributed by atoms with Gasteiger partial charge in [-0.2, -0.15) is 13.2 Å². The molecule has 0 spiro atoms. The molecule has 1 aliphatic carbocycles. The maximum absolute atomic E-state index is 12.6. The predicted octanol–water partition coefficient (Wildman–Crippen LogP) is 2.54. The van der Waals surface area contributed by atoms with E-state index >= 15 is 0 Å². The number of amides is 1. The average molecular weight is 316 g/mol. The van der Waals surface area contributed by atoms with Crippen molar-refractivity contribution in [1.29, 1.82) is 0 Å². The summed E-state index contributed by atoms with van der Waals surface area (Å²) in [6.45, 7) is 1.31. The highest BCUT2D eigenvalue weighted by molar-refractivity contribution is 5.96. The van der Waals surface area contributed by atoms with E-state index in [2.05, 4.69) is 10.3 Å². The largest absolute Gasteiger partial charge is 0.481 e. The number of hydrogen-bond acceptors (Lipinski definition) is 3. The number of rotatable bonds is 4. The zero-order valence-electron chi connectivity index (χ0n) is 11.8. The number of hydrogen-bond donors (Lipinski definition) is 2. The third-order valence-electron chi connectivity index (χ3n) is 3.80. The second-order valence-corrected chi connectivity index (χ2v) is 5.49. The van der Waals surface area contributed by atoms with Crippen LogP contribution in [0.4, 0.5) is 13.2 Å². The summed E-state index contributed by atoms with van der Waals surface area (Å²) >= 11 is 0. The first kappa shape index (κ1) is 16.3. The van der Waals surface area contributed by atoms with Crippen molar-refractivity contribution in [3.8, 4) is 0 Å². The molecule has 0 aromatic carbocycles. The number of carbonyl (C=O) groups excluding carboxylic acids is 1. The summed E-state index contributed by atoms with van der Waals surface area (Å²) < 4.78 is 37.7. The number of carboxylic acids is 1. The standard InChI is InChI=1S/C14H15F3N2O3/c1-8-9(3-4-10(18-8)14(15,16)17)12(22)19-13(5-2-6-13)7-11(20)21/h3-4H,2,5-7H2,1H3,(H,19,22)(H,20,21). The summed E-state index contributed by atoms with van der Waals surface area (Å²) in [6.07, 6.45) is -2.89. The Balaban J connectivity index is 2.18. The Morgan fingerprint density at radius 2 is 2.00 bits per heavy atom. The number of alkyl halides is 3. The summed E-state index contributed by atoms with van der Waals surface area (Å²) in [4.78, 5) is 26.4. The minimum Gasteiger partial charge on any atom is -0.481 e. The number of carboxylic acid groups (broad SMARTS) is 1. The van der Waals surface area contributed by atoms with E-state index in [1.54, 1.807) is 0 Å². The van der Waals surface area contributed by atoms with Gasteiger partial charge in [0.15, 0.2) is 0 Å². The summed E-state index contributed by atoms with van der Waals surface area (Å²) in [6, 6.07) is 1.81. The van der Waals surface area contributed by atoms with Gasteiger partial charge in [-0.25, -0.2) is 4.98 Å². The van der Waals surface area contributed by atoms with Gasteiger partial charge < -0.3 is 10.4 Å². The van der Waals surface area contributed by atoms with E-state index in [4.69, 9.17) is 5.11 Å². The Morgan fingerprint density at radius 3 is 2.41 bits per heavy atom. The van der Waals surface area contributed by atoms with E-state index in [0.29, 0.717) is 12.8 Å². The van der Waals surface area contributed by atoms with Crippen molar-refractivity contribution in [3.63, 3.8) is 0 Å². The maximum atomic E-state index is 12.6. The van der Waals surface area contributed by atoms with Crippen LogP contribution in [0.3, 0.4) is 0 Å². The highest BCUT2D eigenvalue weighted by Gasteiger charge is 2.41.